The van der Waals surface area contributed by atoms with Crippen LogP contribution in [-0.4, -0.2) is 64.3 Å². The fraction of sp³-hybridized carbons (Fsp3) is 0.933. The number of alkyl halides is 1. The molecule has 1 aliphatic rings. The Labute approximate surface area is 246 Å². The summed E-state index contributed by atoms with van der Waals surface area (Å²) in [6.45, 7) is 4.49. The van der Waals surface area contributed by atoms with Crippen molar-refractivity contribution >= 4 is 39.0 Å². The van der Waals surface area contributed by atoms with Gasteiger partial charge in [-0.25, -0.2) is 4.79 Å². The molecule has 38 heavy (non-hydrogen) atoms. The first-order chi connectivity index (χ1) is 18.6. The Kier molecular flexibility index (Phi) is 23.9. The van der Waals surface area contributed by atoms with Crippen molar-refractivity contribution in [1.82, 2.24) is 10.2 Å². The second-order valence-corrected chi connectivity index (χ2v) is 12.9. The molecule has 0 aliphatic carbocycles. The fourth-order valence-electron chi connectivity index (χ4n) is 5.04. The Morgan fingerprint density at radius 3 is 1.97 bits per heavy atom. The summed E-state index contributed by atoms with van der Waals surface area (Å²) in [6, 6.07) is 0. The maximum absolute atomic E-state index is 12.5. The average molecular weight is 622 g/mol. The van der Waals surface area contributed by atoms with Gasteiger partial charge in [0.15, 0.2) is 0 Å². The lowest BCUT2D eigenvalue weighted by Crippen LogP contribution is -2.45. The molecule has 6 nitrogen and oxygen atoms in total. The van der Waals surface area contributed by atoms with Gasteiger partial charge in [0.1, 0.15) is 0 Å². The minimum absolute atomic E-state index is 0.00457. The van der Waals surface area contributed by atoms with E-state index in [9.17, 15) is 14.7 Å². The van der Waals surface area contributed by atoms with Gasteiger partial charge < -0.3 is 20.1 Å². The van der Waals surface area contributed by atoms with Gasteiger partial charge in [-0.05, 0) is 32.1 Å². The van der Waals surface area contributed by atoms with Crippen LogP contribution in [0.25, 0.3) is 0 Å². The van der Waals surface area contributed by atoms with E-state index in [1.807, 2.05) is 0 Å². The lowest BCUT2D eigenvalue weighted by molar-refractivity contribution is 0.00120. The van der Waals surface area contributed by atoms with Crippen LogP contribution in [0.3, 0.4) is 0 Å². The number of carboxylic acid groups (broad SMARTS) is 1. The Hall–Kier alpha value is -0.470. The van der Waals surface area contributed by atoms with Crippen LogP contribution in [0, 0.1) is 0 Å². The van der Waals surface area contributed by atoms with E-state index >= 15 is 0 Å². The second-order valence-electron chi connectivity index (χ2n) is 10.8. The summed E-state index contributed by atoms with van der Waals surface area (Å²) in [5.41, 5.74) is 0. The molecular weight excluding hydrogens is 564 g/mol. The number of unbranched alkanes of at least 4 members (excludes halogenated alkanes) is 16. The lowest BCUT2D eigenvalue weighted by atomic mass is 10.0. The number of nitrogens with one attached hydrogen (secondary N) is 1. The molecule has 8 heteroatoms. The molecule has 1 heterocycles. The smallest absolute Gasteiger partial charge is 0.407 e. The molecule has 0 bridgehead atoms. The van der Waals surface area contributed by atoms with Crippen LogP contribution in [0.4, 0.5) is 9.59 Å². The molecule has 0 aromatic heterocycles. The van der Waals surface area contributed by atoms with Crippen molar-refractivity contribution in [3.05, 3.63) is 0 Å². The summed E-state index contributed by atoms with van der Waals surface area (Å²) >= 11 is 4.72. The third kappa shape index (κ3) is 19.6. The first-order valence-corrected chi connectivity index (χ1v) is 17.7. The van der Waals surface area contributed by atoms with Crippen LogP contribution in [0.1, 0.15) is 135 Å². The topological polar surface area (TPSA) is 78.9 Å². The van der Waals surface area contributed by atoms with Gasteiger partial charge in [-0.15, -0.1) is 0 Å². The summed E-state index contributed by atoms with van der Waals surface area (Å²) in [7, 11) is 0. The number of rotatable bonds is 24. The van der Waals surface area contributed by atoms with Crippen LogP contribution < -0.4 is 5.32 Å². The van der Waals surface area contributed by atoms with Crippen LogP contribution in [0.5, 0.6) is 0 Å². The van der Waals surface area contributed by atoms with E-state index < -0.39 is 6.09 Å². The van der Waals surface area contributed by atoms with E-state index in [4.69, 9.17) is 4.74 Å². The lowest BCUT2D eigenvalue weighted by Gasteiger charge is -2.34. The molecule has 1 aliphatic heterocycles. The first-order valence-electron chi connectivity index (χ1n) is 15.7. The molecule has 224 valence electrons. The highest BCUT2D eigenvalue weighted by Gasteiger charge is 2.31. The van der Waals surface area contributed by atoms with Crippen LogP contribution >= 0.6 is 27.7 Å². The van der Waals surface area contributed by atoms with Crippen LogP contribution in [-0.2, 0) is 4.74 Å². The summed E-state index contributed by atoms with van der Waals surface area (Å²) in [5, 5.41) is 13.6. The predicted octanol–water partition coefficient (Wildman–Crippen LogP) is 9.39. The molecule has 0 aromatic rings. The van der Waals surface area contributed by atoms with Gasteiger partial charge >= 0.3 is 6.09 Å². The molecule has 0 radical (unpaired) electrons. The maximum Gasteiger partial charge on any atom is 0.407 e. The zero-order chi connectivity index (χ0) is 27.7. The standard InChI is InChI=1S/C30H57BrN2O4S/c1-2-3-4-5-6-7-8-9-10-11-12-13-14-15-18-23-32-29(34)38-28-21-20-25-37-27(28)26-33(30(35)36)24-19-16-17-22-31/h27-28H,2-26H2,1H3,(H,32,34)(H,35,36)/t27-,28-/m0/s1. The zero-order valence-corrected chi connectivity index (χ0v) is 26.6. The number of hydrogen-bond acceptors (Lipinski definition) is 4. The molecule has 2 N–H and O–H groups in total. The van der Waals surface area contributed by atoms with E-state index in [0.29, 0.717) is 19.7 Å². The number of carbonyl (C=O) groups excluding carboxylic acids is 1. The van der Waals surface area contributed by atoms with Gasteiger partial charge in [0.05, 0.1) is 12.6 Å². The highest BCUT2D eigenvalue weighted by Crippen LogP contribution is 2.27. The minimum atomic E-state index is -0.903. The average Bonchev–Trinajstić information content (AvgIpc) is 2.91. The summed E-state index contributed by atoms with van der Waals surface area (Å²) < 4.78 is 5.92. The number of amides is 2. The zero-order valence-electron chi connectivity index (χ0n) is 24.2. The van der Waals surface area contributed by atoms with Gasteiger partial charge in [0, 0.05) is 30.3 Å². The van der Waals surface area contributed by atoms with Crippen molar-refractivity contribution in [2.45, 2.75) is 147 Å². The second kappa shape index (κ2) is 25.5. The number of halogens is 1. The van der Waals surface area contributed by atoms with Crippen molar-refractivity contribution < 1.29 is 19.4 Å². The Bertz CT molecular complexity index is 584. The Balaban J connectivity index is 2.07. The van der Waals surface area contributed by atoms with Crippen molar-refractivity contribution in [3.8, 4) is 0 Å². The SMILES string of the molecule is CCCCCCCCCCCCCCCCCNC(=O)S[C@H]1CCCO[C@H]1CN(CCCCCBr)C(=O)O. The third-order valence-electron chi connectivity index (χ3n) is 7.42. The summed E-state index contributed by atoms with van der Waals surface area (Å²) in [6.07, 6.45) is 23.6. The molecule has 1 saturated heterocycles. The summed E-state index contributed by atoms with van der Waals surface area (Å²) in [4.78, 5) is 25.7. The molecule has 2 amide bonds. The largest absolute Gasteiger partial charge is 0.465 e. The van der Waals surface area contributed by atoms with Crippen molar-refractivity contribution in [2.75, 3.05) is 31.6 Å². The number of ether oxygens (including phenoxy) is 1. The van der Waals surface area contributed by atoms with E-state index in [0.717, 1.165) is 50.4 Å². The maximum atomic E-state index is 12.5. The van der Waals surface area contributed by atoms with Gasteiger partial charge in [-0.1, -0.05) is 131 Å². The quantitative estimate of drug-likeness (QED) is 0.0829. The number of thioether (sulfide) groups is 1. The van der Waals surface area contributed by atoms with Crippen molar-refractivity contribution in [1.29, 1.82) is 0 Å². The molecule has 2 atom stereocenters. The Morgan fingerprint density at radius 2 is 1.42 bits per heavy atom. The van der Waals surface area contributed by atoms with Crippen molar-refractivity contribution in [2.24, 2.45) is 0 Å². The molecule has 1 fully saturated rings. The highest BCUT2D eigenvalue weighted by molar-refractivity contribution is 9.09. The van der Waals surface area contributed by atoms with E-state index in [1.54, 1.807) is 0 Å². The fourth-order valence-corrected chi connectivity index (χ4v) is 6.50. The first kappa shape index (κ1) is 35.6. The summed E-state index contributed by atoms with van der Waals surface area (Å²) in [5.74, 6) is 0. The Morgan fingerprint density at radius 1 is 0.868 bits per heavy atom. The normalized spacial score (nSPS) is 17.4. The predicted molar refractivity (Wildman–Crippen MR) is 166 cm³/mol. The molecule has 0 saturated carbocycles. The van der Waals surface area contributed by atoms with Gasteiger partial charge in [0.2, 0.25) is 0 Å². The van der Waals surface area contributed by atoms with E-state index in [2.05, 4.69) is 28.2 Å². The number of carbonyl (C=O) groups is 2. The number of hydrogen-bond donors (Lipinski definition) is 2. The molecule has 0 aromatic carbocycles. The van der Waals surface area contributed by atoms with Crippen LogP contribution in [0.15, 0.2) is 0 Å². The van der Waals surface area contributed by atoms with Gasteiger partial charge in [-0.3, -0.25) is 4.79 Å². The third-order valence-corrected chi connectivity index (χ3v) is 9.18. The number of nitrogens with zero attached hydrogens (tertiary/aromatic N) is 1. The monoisotopic (exact) mass is 620 g/mol. The molecule has 0 unspecified atom stereocenters. The van der Waals surface area contributed by atoms with Gasteiger partial charge in [0.25, 0.3) is 5.24 Å². The van der Waals surface area contributed by atoms with Crippen LogP contribution in [0.2, 0.25) is 0 Å². The van der Waals surface area contributed by atoms with Gasteiger partial charge in [-0.2, -0.15) is 0 Å². The van der Waals surface area contributed by atoms with Crippen molar-refractivity contribution in [3.63, 3.8) is 0 Å². The van der Waals surface area contributed by atoms with E-state index in [-0.39, 0.29) is 16.6 Å². The minimum Gasteiger partial charge on any atom is -0.465 e. The van der Waals surface area contributed by atoms with E-state index in [1.165, 1.54) is 107 Å². The molecule has 0 spiro atoms. The molecule has 1 rings (SSSR count). The highest BCUT2D eigenvalue weighted by atomic mass is 79.9. The molecular formula is C30H57BrN2O4S.